The fraction of sp³-hybridized carbons (Fsp3) is 0.333. The molecule has 0 radical (unpaired) electrons. The van der Waals surface area contributed by atoms with Gasteiger partial charge in [-0.2, -0.15) is 0 Å². The van der Waals surface area contributed by atoms with E-state index in [-0.39, 0.29) is 11.4 Å². The van der Waals surface area contributed by atoms with E-state index in [0.29, 0.717) is 5.56 Å². The van der Waals surface area contributed by atoms with E-state index in [1.54, 1.807) is 6.20 Å². The van der Waals surface area contributed by atoms with Gasteiger partial charge < -0.3 is 5.32 Å². The lowest BCUT2D eigenvalue weighted by Crippen LogP contribution is -2.50. The first-order valence-corrected chi connectivity index (χ1v) is 9.95. The molecule has 1 heterocycles. The highest BCUT2D eigenvalue weighted by atomic mass is 16.1. The van der Waals surface area contributed by atoms with Crippen LogP contribution in [0, 0.1) is 0 Å². The van der Waals surface area contributed by atoms with Crippen molar-refractivity contribution in [3.8, 4) is 0 Å². The van der Waals surface area contributed by atoms with E-state index in [9.17, 15) is 4.79 Å². The minimum absolute atomic E-state index is 0.00826. The van der Waals surface area contributed by atoms with Crippen molar-refractivity contribution in [1.82, 2.24) is 10.3 Å². The van der Waals surface area contributed by atoms with Crippen LogP contribution in [0.2, 0.25) is 0 Å². The predicted octanol–water partition coefficient (Wildman–Crippen LogP) is 5.30. The van der Waals surface area contributed by atoms with E-state index in [0.717, 1.165) is 30.2 Å². The number of fused-ring (bicyclic) bond motifs is 1. The maximum absolute atomic E-state index is 13.1. The normalized spacial score (nSPS) is 16.6. The largest absolute Gasteiger partial charge is 0.346 e. The second kappa shape index (κ2) is 7.91. The Morgan fingerprint density at radius 2 is 1.63 bits per heavy atom. The number of carbonyl (C=O) groups is 1. The summed E-state index contributed by atoms with van der Waals surface area (Å²) in [6, 6.07) is 20.4. The van der Waals surface area contributed by atoms with E-state index < -0.39 is 0 Å². The third-order valence-electron chi connectivity index (χ3n) is 5.68. The van der Waals surface area contributed by atoms with Gasteiger partial charge in [0, 0.05) is 17.1 Å². The molecule has 1 aliphatic rings. The van der Waals surface area contributed by atoms with Gasteiger partial charge in [-0.15, -0.1) is 0 Å². The number of pyridine rings is 1. The Morgan fingerprint density at radius 3 is 2.41 bits per heavy atom. The van der Waals surface area contributed by atoms with Gasteiger partial charge in [0.1, 0.15) is 0 Å². The van der Waals surface area contributed by atoms with Crippen LogP contribution in [0.15, 0.2) is 66.9 Å². The first kappa shape index (κ1) is 17.7. The minimum Gasteiger partial charge on any atom is -0.346 e. The summed E-state index contributed by atoms with van der Waals surface area (Å²) < 4.78 is 0. The molecule has 0 spiro atoms. The Bertz CT molecular complexity index is 912. The first-order chi connectivity index (χ1) is 13.2. The highest BCUT2D eigenvalue weighted by Crippen LogP contribution is 2.31. The second-order valence-corrected chi connectivity index (χ2v) is 7.73. The van der Waals surface area contributed by atoms with Crippen LogP contribution in [0.1, 0.15) is 54.4 Å². The van der Waals surface area contributed by atoms with E-state index in [2.05, 4.69) is 34.6 Å². The standard InChI is InChI=1S/C24H26N2O/c27-23(21-16-20-12-6-7-13-22(20)25-18-21)26-24(14-8-1-2-9-15-24)17-19-10-4-3-5-11-19/h3-7,10-13,16,18H,1-2,8-9,14-15,17H2,(H,26,27). The summed E-state index contributed by atoms with van der Waals surface area (Å²) in [6.45, 7) is 0. The van der Waals surface area contributed by atoms with E-state index in [1.165, 1.54) is 31.2 Å². The van der Waals surface area contributed by atoms with Gasteiger partial charge in [0.25, 0.3) is 5.91 Å². The molecule has 1 saturated carbocycles. The Morgan fingerprint density at radius 1 is 0.926 bits per heavy atom. The van der Waals surface area contributed by atoms with E-state index >= 15 is 0 Å². The number of nitrogens with one attached hydrogen (secondary N) is 1. The highest BCUT2D eigenvalue weighted by Gasteiger charge is 2.33. The van der Waals surface area contributed by atoms with Gasteiger partial charge in [-0.1, -0.05) is 74.2 Å². The molecule has 1 aromatic heterocycles. The van der Waals surface area contributed by atoms with Crippen molar-refractivity contribution < 1.29 is 4.79 Å². The number of benzene rings is 2. The number of amides is 1. The smallest absolute Gasteiger partial charge is 0.253 e. The summed E-state index contributed by atoms with van der Waals surface area (Å²) in [5, 5.41) is 4.43. The van der Waals surface area contributed by atoms with Crippen LogP contribution in [0.4, 0.5) is 0 Å². The van der Waals surface area contributed by atoms with Gasteiger partial charge in [-0.05, 0) is 37.0 Å². The first-order valence-electron chi connectivity index (χ1n) is 9.95. The summed E-state index contributed by atoms with van der Waals surface area (Å²) in [7, 11) is 0. The Kier molecular flexibility index (Phi) is 5.19. The lowest BCUT2D eigenvalue weighted by atomic mass is 9.83. The third kappa shape index (κ3) is 4.19. The fourth-order valence-corrected chi connectivity index (χ4v) is 4.25. The van der Waals surface area contributed by atoms with Gasteiger partial charge in [0.2, 0.25) is 0 Å². The number of hydrogen-bond donors (Lipinski definition) is 1. The third-order valence-corrected chi connectivity index (χ3v) is 5.68. The van der Waals surface area contributed by atoms with Crippen LogP contribution in [-0.2, 0) is 6.42 Å². The van der Waals surface area contributed by atoms with Crippen molar-refractivity contribution in [1.29, 1.82) is 0 Å². The molecule has 4 rings (SSSR count). The summed E-state index contributed by atoms with van der Waals surface area (Å²) in [5.74, 6) is -0.00826. The lowest BCUT2D eigenvalue weighted by Gasteiger charge is -2.34. The summed E-state index contributed by atoms with van der Waals surface area (Å²) in [6.07, 6.45) is 9.51. The number of aromatic nitrogens is 1. The fourth-order valence-electron chi connectivity index (χ4n) is 4.25. The van der Waals surface area contributed by atoms with Crippen molar-refractivity contribution in [2.45, 2.75) is 50.5 Å². The quantitative estimate of drug-likeness (QED) is 0.643. The van der Waals surface area contributed by atoms with Crippen molar-refractivity contribution in [2.24, 2.45) is 0 Å². The average Bonchev–Trinajstić information content (AvgIpc) is 2.94. The molecule has 1 fully saturated rings. The zero-order chi connectivity index (χ0) is 18.5. The Balaban J connectivity index is 1.60. The van der Waals surface area contributed by atoms with Crippen LogP contribution in [0.5, 0.6) is 0 Å². The van der Waals surface area contributed by atoms with E-state index in [1.807, 2.05) is 36.4 Å². The van der Waals surface area contributed by atoms with Crippen molar-refractivity contribution in [3.05, 3.63) is 78.0 Å². The average molecular weight is 358 g/mol. The molecule has 0 saturated heterocycles. The minimum atomic E-state index is -0.166. The highest BCUT2D eigenvalue weighted by molar-refractivity contribution is 5.97. The zero-order valence-corrected chi connectivity index (χ0v) is 15.7. The van der Waals surface area contributed by atoms with Crippen molar-refractivity contribution in [3.63, 3.8) is 0 Å². The molecule has 3 aromatic rings. The van der Waals surface area contributed by atoms with Gasteiger partial charge >= 0.3 is 0 Å². The number of rotatable bonds is 4. The van der Waals surface area contributed by atoms with Gasteiger partial charge in [0.05, 0.1) is 11.1 Å². The van der Waals surface area contributed by atoms with Crippen LogP contribution in [-0.4, -0.2) is 16.4 Å². The Labute approximate surface area is 160 Å². The molecule has 0 atom stereocenters. The molecule has 0 unspecified atom stereocenters. The van der Waals surface area contributed by atoms with Crippen LogP contribution in [0.3, 0.4) is 0 Å². The molecule has 1 amide bonds. The lowest BCUT2D eigenvalue weighted by molar-refractivity contribution is 0.0886. The maximum atomic E-state index is 13.1. The molecule has 138 valence electrons. The molecule has 3 nitrogen and oxygen atoms in total. The molecule has 0 bridgehead atoms. The zero-order valence-electron chi connectivity index (χ0n) is 15.7. The van der Waals surface area contributed by atoms with Crippen molar-refractivity contribution >= 4 is 16.8 Å². The second-order valence-electron chi connectivity index (χ2n) is 7.73. The number of nitrogens with zero attached hydrogens (tertiary/aromatic N) is 1. The topological polar surface area (TPSA) is 42.0 Å². The number of carbonyl (C=O) groups excluding carboxylic acids is 1. The molecule has 3 heteroatoms. The summed E-state index contributed by atoms with van der Waals surface area (Å²) in [5.41, 5.74) is 2.69. The van der Waals surface area contributed by atoms with Crippen molar-refractivity contribution in [2.75, 3.05) is 0 Å². The maximum Gasteiger partial charge on any atom is 0.253 e. The summed E-state index contributed by atoms with van der Waals surface area (Å²) >= 11 is 0. The van der Waals surface area contributed by atoms with Crippen LogP contribution in [0.25, 0.3) is 10.9 Å². The molecule has 1 N–H and O–H groups in total. The summed E-state index contributed by atoms with van der Waals surface area (Å²) in [4.78, 5) is 17.6. The number of para-hydroxylation sites is 1. The van der Waals surface area contributed by atoms with Crippen LogP contribution < -0.4 is 5.32 Å². The van der Waals surface area contributed by atoms with Gasteiger partial charge in [-0.25, -0.2) is 0 Å². The Hall–Kier alpha value is -2.68. The molecule has 0 aliphatic heterocycles. The van der Waals surface area contributed by atoms with Gasteiger partial charge in [0.15, 0.2) is 0 Å². The van der Waals surface area contributed by atoms with E-state index in [4.69, 9.17) is 0 Å². The number of hydrogen-bond acceptors (Lipinski definition) is 2. The molecule has 27 heavy (non-hydrogen) atoms. The predicted molar refractivity (Wildman–Crippen MR) is 110 cm³/mol. The monoisotopic (exact) mass is 358 g/mol. The van der Waals surface area contributed by atoms with Crippen LogP contribution >= 0.6 is 0 Å². The SMILES string of the molecule is O=C(NC1(Cc2ccccc2)CCCCCC1)c1cnc2ccccc2c1. The molecular weight excluding hydrogens is 332 g/mol. The molecule has 2 aromatic carbocycles. The van der Waals surface area contributed by atoms with Gasteiger partial charge in [-0.3, -0.25) is 9.78 Å². The molecular formula is C24H26N2O. The molecule has 1 aliphatic carbocycles.